The van der Waals surface area contributed by atoms with Crippen LogP contribution < -0.4 is 5.32 Å². The molecule has 1 amide bonds. The van der Waals surface area contributed by atoms with Gasteiger partial charge in [0.25, 0.3) is 0 Å². The number of fused-ring (bicyclic) bond motifs is 1. The summed E-state index contributed by atoms with van der Waals surface area (Å²) in [5, 5.41) is 7.43. The second-order valence-electron chi connectivity index (χ2n) is 8.13. The van der Waals surface area contributed by atoms with Gasteiger partial charge in [-0.3, -0.25) is 4.79 Å². The number of carbonyl (C=O) groups excluding carboxylic acids is 1. The van der Waals surface area contributed by atoms with Crippen molar-refractivity contribution in [3.63, 3.8) is 0 Å². The first-order chi connectivity index (χ1) is 11.2. The molecule has 0 atom stereocenters. The minimum absolute atomic E-state index is 0.0311. The lowest BCUT2D eigenvalue weighted by Gasteiger charge is -2.23. The molecule has 1 aromatic rings. The third-order valence-electron chi connectivity index (χ3n) is 4.94. The van der Waals surface area contributed by atoms with Crippen LogP contribution in [0.1, 0.15) is 70.6 Å². The van der Waals surface area contributed by atoms with Gasteiger partial charge >= 0.3 is 0 Å². The SMILES string of the molecule is CC(C)(C)n1nc2c(c1NC(=O)CCC1CCCC1)CS(=O)(=O)C2. The number of sulfone groups is 1. The van der Waals surface area contributed by atoms with Gasteiger partial charge in [-0.1, -0.05) is 25.7 Å². The largest absolute Gasteiger partial charge is 0.311 e. The summed E-state index contributed by atoms with van der Waals surface area (Å²) in [6.45, 7) is 5.99. The molecule has 2 heterocycles. The van der Waals surface area contributed by atoms with E-state index in [1.165, 1.54) is 25.7 Å². The maximum atomic E-state index is 12.4. The van der Waals surface area contributed by atoms with Crippen molar-refractivity contribution in [1.29, 1.82) is 0 Å². The summed E-state index contributed by atoms with van der Waals surface area (Å²) in [7, 11) is -3.14. The third kappa shape index (κ3) is 3.66. The van der Waals surface area contributed by atoms with Gasteiger partial charge < -0.3 is 5.32 Å². The van der Waals surface area contributed by atoms with Gasteiger partial charge in [0.1, 0.15) is 5.82 Å². The molecule has 1 fully saturated rings. The molecule has 6 nitrogen and oxygen atoms in total. The van der Waals surface area contributed by atoms with Crippen molar-refractivity contribution in [2.24, 2.45) is 5.92 Å². The number of hydrogen-bond donors (Lipinski definition) is 1. The van der Waals surface area contributed by atoms with Crippen LogP contribution in [0.5, 0.6) is 0 Å². The average molecular weight is 353 g/mol. The maximum Gasteiger partial charge on any atom is 0.225 e. The Bertz CT molecular complexity index is 738. The van der Waals surface area contributed by atoms with Crippen molar-refractivity contribution in [1.82, 2.24) is 9.78 Å². The Morgan fingerprint density at radius 1 is 1.25 bits per heavy atom. The highest BCUT2D eigenvalue weighted by Crippen LogP contribution is 2.34. The second-order valence-corrected chi connectivity index (χ2v) is 10.2. The van der Waals surface area contributed by atoms with Crippen LogP contribution in [-0.2, 0) is 31.7 Å². The molecule has 3 rings (SSSR count). The molecule has 0 saturated heterocycles. The molecule has 0 bridgehead atoms. The Morgan fingerprint density at radius 2 is 1.92 bits per heavy atom. The van der Waals surface area contributed by atoms with E-state index in [2.05, 4.69) is 10.4 Å². The van der Waals surface area contributed by atoms with Gasteiger partial charge in [-0.15, -0.1) is 0 Å². The summed E-state index contributed by atoms with van der Waals surface area (Å²) in [6.07, 6.45) is 6.39. The van der Waals surface area contributed by atoms with Crippen molar-refractivity contribution in [3.05, 3.63) is 11.3 Å². The van der Waals surface area contributed by atoms with E-state index >= 15 is 0 Å². The lowest BCUT2D eigenvalue weighted by molar-refractivity contribution is -0.116. The summed E-state index contributed by atoms with van der Waals surface area (Å²) < 4.78 is 25.5. The van der Waals surface area contributed by atoms with Crippen LogP contribution in [0.3, 0.4) is 0 Å². The quantitative estimate of drug-likeness (QED) is 0.902. The molecule has 0 aromatic carbocycles. The number of aromatic nitrogens is 2. The molecule has 1 N–H and O–H groups in total. The lowest BCUT2D eigenvalue weighted by atomic mass is 10.0. The molecule has 24 heavy (non-hydrogen) atoms. The molecule has 0 spiro atoms. The highest BCUT2D eigenvalue weighted by molar-refractivity contribution is 7.90. The Hall–Kier alpha value is -1.37. The van der Waals surface area contributed by atoms with Gasteiger partial charge in [-0.2, -0.15) is 5.10 Å². The van der Waals surface area contributed by atoms with E-state index in [0.717, 1.165) is 6.42 Å². The molecule has 0 unspecified atom stereocenters. The smallest absolute Gasteiger partial charge is 0.225 e. The summed E-state index contributed by atoms with van der Waals surface area (Å²) in [5.41, 5.74) is 0.928. The average Bonchev–Trinajstić information content (AvgIpc) is 3.12. The number of rotatable bonds is 4. The zero-order valence-electron chi connectivity index (χ0n) is 14.8. The summed E-state index contributed by atoms with van der Waals surface area (Å²) in [6, 6.07) is 0. The predicted octanol–water partition coefficient (Wildman–Crippen LogP) is 2.98. The number of carbonyl (C=O) groups is 1. The minimum Gasteiger partial charge on any atom is -0.311 e. The van der Waals surface area contributed by atoms with Crippen molar-refractivity contribution in [3.8, 4) is 0 Å². The van der Waals surface area contributed by atoms with Crippen molar-refractivity contribution < 1.29 is 13.2 Å². The number of hydrogen-bond acceptors (Lipinski definition) is 4. The fourth-order valence-corrected chi connectivity index (χ4v) is 5.18. The van der Waals surface area contributed by atoms with Gasteiger partial charge in [0.15, 0.2) is 9.84 Å². The zero-order chi connectivity index (χ0) is 17.5. The molecule has 2 aliphatic rings. The van der Waals surface area contributed by atoms with Crippen LogP contribution in [0, 0.1) is 5.92 Å². The Labute approximate surface area is 143 Å². The van der Waals surface area contributed by atoms with Gasteiger partial charge in [0.05, 0.1) is 22.7 Å². The van der Waals surface area contributed by atoms with Crippen molar-refractivity contribution >= 4 is 21.6 Å². The normalized spacial score (nSPS) is 20.3. The fourth-order valence-electron chi connectivity index (χ4n) is 3.69. The number of nitrogens with zero attached hydrogens (tertiary/aromatic N) is 2. The standard InChI is InChI=1S/C17H27N3O3S/c1-17(2,3)20-16(13-10-24(22,23)11-14(13)19-20)18-15(21)9-8-12-6-4-5-7-12/h12H,4-11H2,1-3H3,(H,18,21). The number of nitrogens with one attached hydrogen (secondary N) is 1. The molecule has 1 aliphatic heterocycles. The van der Waals surface area contributed by atoms with Gasteiger partial charge in [-0.25, -0.2) is 13.1 Å². The first kappa shape index (κ1) is 17.5. The number of amides is 1. The van der Waals surface area contributed by atoms with E-state index in [1.54, 1.807) is 4.68 Å². The van der Waals surface area contributed by atoms with Gasteiger partial charge in [-0.05, 0) is 33.1 Å². The molecular formula is C17H27N3O3S. The third-order valence-corrected chi connectivity index (χ3v) is 6.38. The van der Waals surface area contributed by atoms with Crippen LogP contribution in [0.15, 0.2) is 0 Å². The van der Waals surface area contributed by atoms with E-state index in [-0.39, 0.29) is 23.0 Å². The predicted molar refractivity (Wildman–Crippen MR) is 93.4 cm³/mol. The van der Waals surface area contributed by atoms with Crippen LogP contribution in [-0.4, -0.2) is 24.1 Å². The highest BCUT2D eigenvalue weighted by Gasteiger charge is 2.35. The fraction of sp³-hybridized carbons (Fsp3) is 0.765. The highest BCUT2D eigenvalue weighted by atomic mass is 32.2. The minimum atomic E-state index is -3.14. The van der Waals surface area contributed by atoms with E-state index in [4.69, 9.17) is 0 Å². The second kappa shape index (κ2) is 6.17. The van der Waals surface area contributed by atoms with Crippen LogP contribution in [0.2, 0.25) is 0 Å². The summed E-state index contributed by atoms with van der Waals surface area (Å²) in [5.74, 6) is 1.12. The summed E-state index contributed by atoms with van der Waals surface area (Å²) in [4.78, 5) is 12.4. The zero-order valence-corrected chi connectivity index (χ0v) is 15.6. The van der Waals surface area contributed by atoms with Crippen LogP contribution in [0.25, 0.3) is 0 Å². The Balaban J connectivity index is 1.77. The van der Waals surface area contributed by atoms with E-state index in [1.807, 2.05) is 20.8 Å². The van der Waals surface area contributed by atoms with Crippen LogP contribution >= 0.6 is 0 Å². The topological polar surface area (TPSA) is 81.1 Å². The molecule has 134 valence electrons. The van der Waals surface area contributed by atoms with Crippen LogP contribution in [0.4, 0.5) is 5.82 Å². The molecule has 1 aliphatic carbocycles. The Kier molecular flexibility index (Phi) is 4.49. The monoisotopic (exact) mass is 353 g/mol. The van der Waals surface area contributed by atoms with Gasteiger partial charge in [0, 0.05) is 12.0 Å². The molecule has 0 radical (unpaired) electrons. The van der Waals surface area contributed by atoms with Crippen molar-refractivity contribution in [2.45, 2.75) is 76.3 Å². The van der Waals surface area contributed by atoms with E-state index < -0.39 is 9.84 Å². The van der Waals surface area contributed by atoms with E-state index in [9.17, 15) is 13.2 Å². The molecule has 1 saturated carbocycles. The lowest BCUT2D eigenvalue weighted by Crippen LogP contribution is -2.27. The number of anilines is 1. The molecule has 1 aromatic heterocycles. The maximum absolute atomic E-state index is 12.4. The Morgan fingerprint density at radius 3 is 2.54 bits per heavy atom. The van der Waals surface area contributed by atoms with E-state index in [0.29, 0.717) is 29.4 Å². The molecular weight excluding hydrogens is 326 g/mol. The summed E-state index contributed by atoms with van der Waals surface area (Å²) >= 11 is 0. The first-order valence-electron chi connectivity index (χ1n) is 8.77. The van der Waals surface area contributed by atoms with Gasteiger partial charge in [0.2, 0.25) is 5.91 Å². The van der Waals surface area contributed by atoms with Crippen molar-refractivity contribution in [2.75, 3.05) is 5.32 Å². The first-order valence-corrected chi connectivity index (χ1v) is 10.6. The molecule has 7 heteroatoms.